The highest BCUT2D eigenvalue weighted by molar-refractivity contribution is 5.63. The third-order valence-corrected chi connectivity index (χ3v) is 3.49. The van der Waals surface area contributed by atoms with E-state index in [1.165, 1.54) is 11.1 Å². The van der Waals surface area contributed by atoms with Gasteiger partial charge in [-0.15, -0.1) is 0 Å². The maximum Gasteiger partial charge on any atom is 0.125 e. The van der Waals surface area contributed by atoms with Crippen LogP contribution in [0.15, 0.2) is 66.9 Å². The predicted molar refractivity (Wildman–Crippen MR) is 84.7 cm³/mol. The molecule has 0 saturated carbocycles. The van der Waals surface area contributed by atoms with Crippen LogP contribution in [0, 0.1) is 6.92 Å². The molecular formula is C18H17N3. The molecule has 104 valence electrons. The smallest absolute Gasteiger partial charge is 0.125 e. The summed E-state index contributed by atoms with van der Waals surface area (Å²) in [6.45, 7) is 1.87. The minimum absolute atomic E-state index is 0.225. The van der Waals surface area contributed by atoms with E-state index >= 15 is 0 Å². The molecule has 2 aromatic carbocycles. The monoisotopic (exact) mass is 275 g/mol. The minimum atomic E-state index is -0.225. The molecule has 3 nitrogen and oxygen atoms in total. The summed E-state index contributed by atoms with van der Waals surface area (Å²) in [6, 6.07) is 20.2. The normalized spacial score (nSPS) is 12.1. The summed E-state index contributed by atoms with van der Waals surface area (Å²) in [5, 5.41) is 0. The lowest BCUT2D eigenvalue weighted by atomic mass is 9.99. The van der Waals surface area contributed by atoms with Gasteiger partial charge >= 0.3 is 0 Å². The van der Waals surface area contributed by atoms with E-state index in [1.54, 1.807) is 6.20 Å². The summed E-state index contributed by atoms with van der Waals surface area (Å²) < 4.78 is 0. The number of aryl methyl sites for hydroxylation is 1. The van der Waals surface area contributed by atoms with Crippen molar-refractivity contribution in [2.24, 2.45) is 5.73 Å². The lowest BCUT2D eigenvalue weighted by molar-refractivity contribution is 0.807. The van der Waals surface area contributed by atoms with Crippen LogP contribution in [0.25, 0.3) is 11.1 Å². The van der Waals surface area contributed by atoms with Crippen molar-refractivity contribution in [2.45, 2.75) is 13.0 Å². The summed E-state index contributed by atoms with van der Waals surface area (Å²) in [7, 11) is 0. The van der Waals surface area contributed by atoms with Crippen LogP contribution in [0.2, 0.25) is 0 Å². The number of nitrogens with two attached hydrogens (primary N) is 1. The van der Waals surface area contributed by atoms with Crippen LogP contribution in [0.1, 0.15) is 23.1 Å². The molecule has 0 saturated heterocycles. The van der Waals surface area contributed by atoms with Crippen LogP contribution in [0.4, 0.5) is 0 Å². The van der Waals surface area contributed by atoms with Crippen LogP contribution >= 0.6 is 0 Å². The van der Waals surface area contributed by atoms with E-state index in [9.17, 15) is 0 Å². The van der Waals surface area contributed by atoms with Crippen molar-refractivity contribution in [2.75, 3.05) is 0 Å². The number of hydrogen-bond acceptors (Lipinski definition) is 3. The second-order valence-electron chi connectivity index (χ2n) is 4.99. The van der Waals surface area contributed by atoms with Gasteiger partial charge in [-0.25, -0.2) is 9.97 Å². The van der Waals surface area contributed by atoms with Gasteiger partial charge in [0, 0.05) is 6.20 Å². The van der Waals surface area contributed by atoms with E-state index in [1.807, 2.05) is 31.2 Å². The third-order valence-electron chi connectivity index (χ3n) is 3.49. The number of nitrogens with zero attached hydrogens (tertiary/aromatic N) is 2. The molecule has 1 unspecified atom stereocenters. The fourth-order valence-corrected chi connectivity index (χ4v) is 2.33. The first-order valence-electron chi connectivity index (χ1n) is 6.94. The van der Waals surface area contributed by atoms with E-state index in [0.717, 1.165) is 17.1 Å². The lowest BCUT2D eigenvalue weighted by Crippen LogP contribution is -2.14. The van der Waals surface area contributed by atoms with Gasteiger partial charge in [-0.1, -0.05) is 54.6 Å². The van der Waals surface area contributed by atoms with Crippen molar-refractivity contribution in [3.63, 3.8) is 0 Å². The number of hydrogen-bond donors (Lipinski definition) is 1. The zero-order valence-electron chi connectivity index (χ0n) is 11.9. The predicted octanol–water partition coefficient (Wildman–Crippen LogP) is 3.50. The SMILES string of the molecule is Cc1nccc(C(N)c2ccc(-c3ccccc3)cc2)n1. The van der Waals surface area contributed by atoms with E-state index < -0.39 is 0 Å². The maximum atomic E-state index is 6.28. The van der Waals surface area contributed by atoms with E-state index in [0.29, 0.717) is 0 Å². The topological polar surface area (TPSA) is 51.8 Å². The van der Waals surface area contributed by atoms with Gasteiger partial charge in [0.25, 0.3) is 0 Å². The fraction of sp³-hybridized carbons (Fsp3) is 0.111. The van der Waals surface area contributed by atoms with Gasteiger partial charge < -0.3 is 5.73 Å². The van der Waals surface area contributed by atoms with Crippen molar-refractivity contribution in [3.8, 4) is 11.1 Å². The van der Waals surface area contributed by atoms with Crippen LogP contribution < -0.4 is 5.73 Å². The highest BCUT2D eigenvalue weighted by Crippen LogP contribution is 2.23. The molecular weight excluding hydrogens is 258 g/mol. The summed E-state index contributed by atoms with van der Waals surface area (Å²) in [5.74, 6) is 0.740. The van der Waals surface area contributed by atoms with Gasteiger partial charge in [-0.2, -0.15) is 0 Å². The van der Waals surface area contributed by atoms with Crippen molar-refractivity contribution >= 4 is 0 Å². The third kappa shape index (κ3) is 2.98. The van der Waals surface area contributed by atoms with Crippen LogP contribution in [0.3, 0.4) is 0 Å². The molecule has 0 spiro atoms. The summed E-state index contributed by atoms with van der Waals surface area (Å²) >= 11 is 0. The first kappa shape index (κ1) is 13.5. The van der Waals surface area contributed by atoms with E-state index in [4.69, 9.17) is 5.73 Å². The molecule has 0 radical (unpaired) electrons. The van der Waals surface area contributed by atoms with Gasteiger partial charge in [0.05, 0.1) is 11.7 Å². The molecule has 1 heterocycles. The highest BCUT2D eigenvalue weighted by atomic mass is 14.9. The van der Waals surface area contributed by atoms with E-state index in [-0.39, 0.29) is 6.04 Å². The Morgan fingerprint density at radius 1 is 0.857 bits per heavy atom. The van der Waals surface area contributed by atoms with Crippen molar-refractivity contribution < 1.29 is 0 Å². The van der Waals surface area contributed by atoms with Crippen LogP contribution in [-0.2, 0) is 0 Å². The zero-order valence-corrected chi connectivity index (χ0v) is 11.9. The first-order valence-corrected chi connectivity index (χ1v) is 6.94. The van der Waals surface area contributed by atoms with Gasteiger partial charge in [0.15, 0.2) is 0 Å². The summed E-state index contributed by atoms with van der Waals surface area (Å²) in [6.07, 6.45) is 1.75. The Kier molecular flexibility index (Phi) is 3.75. The molecule has 0 bridgehead atoms. The Hall–Kier alpha value is -2.52. The largest absolute Gasteiger partial charge is 0.319 e. The Labute approximate surface area is 124 Å². The van der Waals surface area contributed by atoms with Gasteiger partial charge in [0.2, 0.25) is 0 Å². The molecule has 0 amide bonds. The van der Waals surface area contributed by atoms with Crippen LogP contribution in [-0.4, -0.2) is 9.97 Å². The zero-order chi connectivity index (χ0) is 14.7. The Balaban J connectivity index is 1.87. The summed E-state index contributed by atoms with van der Waals surface area (Å²) in [4.78, 5) is 8.50. The second kappa shape index (κ2) is 5.85. The molecule has 3 rings (SSSR count). The molecule has 2 N–H and O–H groups in total. The number of benzene rings is 2. The molecule has 0 aliphatic carbocycles. The fourth-order valence-electron chi connectivity index (χ4n) is 2.33. The van der Waals surface area contributed by atoms with Crippen molar-refractivity contribution in [3.05, 3.63) is 83.9 Å². The first-order chi connectivity index (χ1) is 10.2. The number of aromatic nitrogens is 2. The lowest BCUT2D eigenvalue weighted by Gasteiger charge is -2.12. The average molecular weight is 275 g/mol. The van der Waals surface area contributed by atoms with Crippen molar-refractivity contribution in [1.82, 2.24) is 9.97 Å². The van der Waals surface area contributed by atoms with Crippen molar-refractivity contribution in [1.29, 1.82) is 0 Å². The molecule has 3 aromatic rings. The standard InChI is InChI=1S/C18H17N3/c1-13-20-12-11-17(21-13)18(19)16-9-7-15(8-10-16)14-5-3-2-4-6-14/h2-12,18H,19H2,1H3. The Bertz CT molecular complexity index is 721. The molecule has 0 aliphatic heterocycles. The van der Waals surface area contributed by atoms with Gasteiger partial charge in [-0.05, 0) is 29.7 Å². The van der Waals surface area contributed by atoms with Crippen LogP contribution in [0.5, 0.6) is 0 Å². The van der Waals surface area contributed by atoms with Gasteiger partial charge in [-0.3, -0.25) is 0 Å². The molecule has 0 aliphatic rings. The number of rotatable bonds is 3. The van der Waals surface area contributed by atoms with Gasteiger partial charge in [0.1, 0.15) is 5.82 Å². The highest BCUT2D eigenvalue weighted by Gasteiger charge is 2.10. The summed E-state index contributed by atoms with van der Waals surface area (Å²) in [5.41, 5.74) is 10.6. The molecule has 1 atom stereocenters. The second-order valence-corrected chi connectivity index (χ2v) is 4.99. The van der Waals surface area contributed by atoms with E-state index in [2.05, 4.69) is 46.4 Å². The molecule has 0 fully saturated rings. The maximum absolute atomic E-state index is 6.28. The average Bonchev–Trinajstić information content (AvgIpc) is 2.55. The Morgan fingerprint density at radius 3 is 2.19 bits per heavy atom. The quantitative estimate of drug-likeness (QED) is 0.796. The molecule has 1 aromatic heterocycles. The molecule has 3 heteroatoms. The minimum Gasteiger partial charge on any atom is -0.319 e. The Morgan fingerprint density at radius 2 is 1.52 bits per heavy atom. The molecule has 21 heavy (non-hydrogen) atoms.